The van der Waals surface area contributed by atoms with Crippen molar-refractivity contribution in [2.45, 2.75) is 13.8 Å². The third-order valence-corrected chi connectivity index (χ3v) is 4.83. The number of hydrogen-bond donors (Lipinski definition) is 0. The first-order valence-corrected chi connectivity index (χ1v) is 8.65. The molecule has 0 bridgehead atoms. The average molecular weight is 353 g/mol. The number of ether oxygens (including phenoxy) is 1. The summed E-state index contributed by atoms with van der Waals surface area (Å²) in [5.74, 6) is 0.512. The van der Waals surface area contributed by atoms with E-state index in [1.165, 1.54) is 0 Å². The van der Waals surface area contributed by atoms with E-state index in [1.54, 1.807) is 41.4 Å². The van der Waals surface area contributed by atoms with Gasteiger partial charge in [-0.05, 0) is 49.2 Å². The predicted molar refractivity (Wildman–Crippen MR) is 98.5 cm³/mol. The molecule has 26 heavy (non-hydrogen) atoms. The molecule has 1 aliphatic rings. The number of nitrogens with zero attached hydrogens (tertiary/aromatic N) is 3. The van der Waals surface area contributed by atoms with E-state index in [1.807, 2.05) is 26.0 Å². The van der Waals surface area contributed by atoms with Crippen molar-refractivity contribution in [2.75, 3.05) is 33.3 Å². The lowest BCUT2D eigenvalue weighted by molar-refractivity contribution is 0.0533. The minimum absolute atomic E-state index is 0.0248. The van der Waals surface area contributed by atoms with Gasteiger partial charge in [0, 0.05) is 44.1 Å². The summed E-state index contributed by atoms with van der Waals surface area (Å²) in [6, 6.07) is 7.19. The highest BCUT2D eigenvalue weighted by molar-refractivity contribution is 5.98. The summed E-state index contributed by atoms with van der Waals surface area (Å²) >= 11 is 0. The lowest BCUT2D eigenvalue weighted by atomic mass is 10.0. The highest BCUT2D eigenvalue weighted by Crippen LogP contribution is 2.25. The summed E-state index contributed by atoms with van der Waals surface area (Å²) in [4.78, 5) is 32.9. The first-order chi connectivity index (χ1) is 12.5. The standard InChI is InChI=1S/C20H23N3O3/c1-14-12-17(18(26-3)13-15(14)2)20(25)23-10-8-22(9-11-23)19(24)16-4-6-21-7-5-16/h4-7,12-13H,8-11H2,1-3H3. The van der Waals surface area contributed by atoms with Gasteiger partial charge >= 0.3 is 0 Å². The Bertz CT molecular complexity index is 813. The summed E-state index contributed by atoms with van der Waals surface area (Å²) < 4.78 is 5.39. The third-order valence-electron chi connectivity index (χ3n) is 4.83. The maximum absolute atomic E-state index is 12.9. The van der Waals surface area contributed by atoms with Crippen LogP contribution in [-0.2, 0) is 0 Å². The van der Waals surface area contributed by atoms with Crippen molar-refractivity contribution in [1.29, 1.82) is 0 Å². The molecular weight excluding hydrogens is 330 g/mol. The zero-order chi connectivity index (χ0) is 18.7. The molecule has 0 unspecified atom stereocenters. The van der Waals surface area contributed by atoms with Crippen LogP contribution in [0.2, 0.25) is 0 Å². The Morgan fingerprint density at radius 2 is 1.46 bits per heavy atom. The largest absolute Gasteiger partial charge is 0.496 e. The van der Waals surface area contributed by atoms with Gasteiger partial charge in [-0.3, -0.25) is 14.6 Å². The molecule has 0 N–H and O–H groups in total. The smallest absolute Gasteiger partial charge is 0.257 e. The number of carbonyl (C=O) groups is 2. The van der Waals surface area contributed by atoms with E-state index < -0.39 is 0 Å². The van der Waals surface area contributed by atoms with E-state index >= 15 is 0 Å². The molecule has 1 saturated heterocycles. The molecule has 1 fully saturated rings. The zero-order valence-electron chi connectivity index (χ0n) is 15.4. The Balaban J connectivity index is 1.69. The molecule has 2 aromatic rings. The van der Waals surface area contributed by atoms with Crippen molar-refractivity contribution in [3.8, 4) is 5.75 Å². The molecule has 136 valence electrons. The number of carbonyl (C=O) groups excluding carboxylic acids is 2. The maximum atomic E-state index is 12.9. The van der Waals surface area contributed by atoms with Gasteiger partial charge < -0.3 is 14.5 Å². The van der Waals surface area contributed by atoms with E-state index in [-0.39, 0.29) is 11.8 Å². The number of pyridine rings is 1. The van der Waals surface area contributed by atoms with Gasteiger partial charge in [-0.15, -0.1) is 0 Å². The molecule has 1 aliphatic heterocycles. The molecule has 0 spiro atoms. The van der Waals surface area contributed by atoms with Crippen LogP contribution < -0.4 is 4.74 Å². The Morgan fingerprint density at radius 1 is 0.923 bits per heavy atom. The van der Waals surface area contributed by atoms with Crippen LogP contribution in [0.1, 0.15) is 31.8 Å². The summed E-state index contributed by atoms with van der Waals surface area (Å²) in [5.41, 5.74) is 3.34. The minimum Gasteiger partial charge on any atom is -0.496 e. The first-order valence-electron chi connectivity index (χ1n) is 8.65. The van der Waals surface area contributed by atoms with Crippen LogP contribution in [0.4, 0.5) is 0 Å². The van der Waals surface area contributed by atoms with E-state index in [2.05, 4.69) is 4.98 Å². The van der Waals surface area contributed by atoms with Gasteiger partial charge in [0.25, 0.3) is 11.8 Å². The molecule has 0 saturated carbocycles. The molecule has 1 aromatic carbocycles. The summed E-state index contributed by atoms with van der Waals surface area (Å²) in [6.07, 6.45) is 3.22. The molecule has 6 nitrogen and oxygen atoms in total. The van der Waals surface area contributed by atoms with Crippen LogP contribution in [0.5, 0.6) is 5.75 Å². The number of aryl methyl sites for hydroxylation is 2. The number of hydrogen-bond acceptors (Lipinski definition) is 4. The van der Waals surface area contributed by atoms with Gasteiger partial charge in [0.2, 0.25) is 0 Å². The van der Waals surface area contributed by atoms with Crippen molar-refractivity contribution in [1.82, 2.24) is 14.8 Å². The highest BCUT2D eigenvalue weighted by atomic mass is 16.5. The van der Waals surface area contributed by atoms with Crippen LogP contribution in [0, 0.1) is 13.8 Å². The minimum atomic E-state index is -0.0547. The number of benzene rings is 1. The quantitative estimate of drug-likeness (QED) is 0.849. The second-order valence-corrected chi connectivity index (χ2v) is 6.46. The van der Waals surface area contributed by atoms with Gasteiger partial charge in [0.05, 0.1) is 12.7 Å². The third kappa shape index (κ3) is 3.54. The number of methoxy groups -OCH3 is 1. The highest BCUT2D eigenvalue weighted by Gasteiger charge is 2.27. The lowest BCUT2D eigenvalue weighted by Crippen LogP contribution is -2.50. The molecule has 0 aliphatic carbocycles. The maximum Gasteiger partial charge on any atom is 0.257 e. The second kappa shape index (κ2) is 7.56. The first kappa shape index (κ1) is 17.9. The molecule has 6 heteroatoms. The van der Waals surface area contributed by atoms with Crippen LogP contribution in [0.15, 0.2) is 36.7 Å². The molecule has 0 radical (unpaired) electrons. The van der Waals surface area contributed by atoms with Crippen molar-refractivity contribution in [3.63, 3.8) is 0 Å². The number of aromatic nitrogens is 1. The fraction of sp³-hybridized carbons (Fsp3) is 0.350. The predicted octanol–water partition coefficient (Wildman–Crippen LogP) is 2.31. The molecule has 2 amide bonds. The SMILES string of the molecule is COc1cc(C)c(C)cc1C(=O)N1CCN(C(=O)c2ccncc2)CC1. The number of amides is 2. The number of piperazine rings is 1. The summed E-state index contributed by atoms with van der Waals surface area (Å²) in [5, 5.41) is 0. The Kier molecular flexibility index (Phi) is 5.21. The van der Waals surface area contributed by atoms with Crippen molar-refractivity contribution < 1.29 is 14.3 Å². The monoisotopic (exact) mass is 353 g/mol. The van der Waals surface area contributed by atoms with E-state index in [0.717, 1.165) is 11.1 Å². The Labute approximate surface area is 153 Å². The van der Waals surface area contributed by atoms with Gasteiger partial charge in [-0.25, -0.2) is 0 Å². The van der Waals surface area contributed by atoms with Crippen LogP contribution in [0.3, 0.4) is 0 Å². The average Bonchev–Trinajstić information content (AvgIpc) is 2.69. The van der Waals surface area contributed by atoms with E-state index in [9.17, 15) is 9.59 Å². The van der Waals surface area contributed by atoms with E-state index in [4.69, 9.17) is 4.74 Å². The van der Waals surface area contributed by atoms with Gasteiger partial charge in [-0.2, -0.15) is 0 Å². The Hall–Kier alpha value is -2.89. The van der Waals surface area contributed by atoms with E-state index in [0.29, 0.717) is 43.1 Å². The van der Waals surface area contributed by atoms with Gasteiger partial charge in [0.15, 0.2) is 0 Å². The van der Waals surface area contributed by atoms with Crippen LogP contribution >= 0.6 is 0 Å². The molecular formula is C20H23N3O3. The molecule has 1 aromatic heterocycles. The number of rotatable bonds is 3. The normalized spacial score (nSPS) is 14.3. The van der Waals surface area contributed by atoms with Crippen LogP contribution in [-0.4, -0.2) is 59.9 Å². The van der Waals surface area contributed by atoms with Gasteiger partial charge in [-0.1, -0.05) is 0 Å². The summed E-state index contributed by atoms with van der Waals surface area (Å²) in [6.45, 7) is 6.02. The van der Waals surface area contributed by atoms with Crippen molar-refractivity contribution in [3.05, 3.63) is 58.9 Å². The summed E-state index contributed by atoms with van der Waals surface area (Å²) in [7, 11) is 1.58. The fourth-order valence-electron chi connectivity index (χ4n) is 3.09. The van der Waals surface area contributed by atoms with Crippen molar-refractivity contribution >= 4 is 11.8 Å². The zero-order valence-corrected chi connectivity index (χ0v) is 15.4. The van der Waals surface area contributed by atoms with Crippen molar-refractivity contribution in [2.24, 2.45) is 0 Å². The molecule has 3 rings (SSSR count). The lowest BCUT2D eigenvalue weighted by Gasteiger charge is -2.35. The molecule has 0 atom stereocenters. The fourth-order valence-corrected chi connectivity index (χ4v) is 3.09. The Morgan fingerprint density at radius 3 is 2.04 bits per heavy atom. The second-order valence-electron chi connectivity index (χ2n) is 6.46. The molecule has 2 heterocycles. The van der Waals surface area contributed by atoms with Gasteiger partial charge in [0.1, 0.15) is 5.75 Å². The topological polar surface area (TPSA) is 62.7 Å². The van der Waals surface area contributed by atoms with Crippen LogP contribution in [0.25, 0.3) is 0 Å².